The second-order valence-corrected chi connectivity index (χ2v) is 6.73. The molecule has 0 saturated carbocycles. The standard InChI is InChI=1S/C18H22N4O5/c1-21(2)17(25)14-8-7-11(27-14)9-19-15(23)10-22-16(24)12-5-3-4-6-13(12)20-18(22)26/h3-6,11,14H,7-10H2,1-2H3,(H,19,23)(H,20,26)/t11-,14-/m0/s1. The van der Waals surface area contributed by atoms with E-state index in [0.717, 1.165) is 4.57 Å². The molecule has 2 aromatic rings. The van der Waals surface area contributed by atoms with Gasteiger partial charge < -0.3 is 19.9 Å². The van der Waals surface area contributed by atoms with Crippen molar-refractivity contribution in [1.82, 2.24) is 19.8 Å². The fourth-order valence-corrected chi connectivity index (χ4v) is 3.10. The summed E-state index contributed by atoms with van der Waals surface area (Å²) >= 11 is 0. The molecule has 9 heteroatoms. The number of para-hydroxylation sites is 1. The Morgan fingerprint density at radius 1 is 1.26 bits per heavy atom. The van der Waals surface area contributed by atoms with Gasteiger partial charge in [0.05, 0.1) is 17.0 Å². The Hall–Kier alpha value is -2.94. The molecule has 0 aliphatic carbocycles. The van der Waals surface area contributed by atoms with Gasteiger partial charge in [-0.25, -0.2) is 4.79 Å². The van der Waals surface area contributed by atoms with Crippen LogP contribution in [0.15, 0.2) is 33.9 Å². The highest BCUT2D eigenvalue weighted by atomic mass is 16.5. The molecule has 0 unspecified atom stereocenters. The number of ether oxygens (including phenoxy) is 1. The normalized spacial score (nSPS) is 19.2. The zero-order valence-electron chi connectivity index (χ0n) is 15.2. The number of fused-ring (bicyclic) bond motifs is 1. The Kier molecular flexibility index (Phi) is 5.41. The fourth-order valence-electron chi connectivity index (χ4n) is 3.10. The monoisotopic (exact) mass is 374 g/mol. The number of likely N-dealkylation sites (N-methyl/N-ethyl adjacent to an activating group) is 1. The van der Waals surface area contributed by atoms with E-state index in [9.17, 15) is 19.2 Å². The summed E-state index contributed by atoms with van der Waals surface area (Å²) in [5, 5.41) is 3.00. The van der Waals surface area contributed by atoms with Crippen molar-refractivity contribution in [3.8, 4) is 0 Å². The molecule has 0 spiro atoms. The summed E-state index contributed by atoms with van der Waals surface area (Å²) in [5.41, 5.74) is -0.721. The zero-order valence-corrected chi connectivity index (χ0v) is 15.2. The molecule has 9 nitrogen and oxygen atoms in total. The van der Waals surface area contributed by atoms with Gasteiger partial charge in [0.2, 0.25) is 5.91 Å². The number of aromatic amines is 1. The van der Waals surface area contributed by atoms with Crippen LogP contribution >= 0.6 is 0 Å². The minimum atomic E-state index is -0.636. The number of amides is 2. The molecule has 1 aliphatic heterocycles. The van der Waals surface area contributed by atoms with Crippen LogP contribution < -0.4 is 16.6 Å². The first-order valence-corrected chi connectivity index (χ1v) is 8.72. The first kappa shape index (κ1) is 18.8. The van der Waals surface area contributed by atoms with Crippen molar-refractivity contribution in [1.29, 1.82) is 0 Å². The molecule has 0 radical (unpaired) electrons. The second-order valence-electron chi connectivity index (χ2n) is 6.73. The summed E-state index contributed by atoms with van der Waals surface area (Å²) in [7, 11) is 3.33. The van der Waals surface area contributed by atoms with Gasteiger partial charge in [-0.3, -0.25) is 19.0 Å². The third-order valence-corrected chi connectivity index (χ3v) is 4.54. The molecule has 1 aliphatic rings. The van der Waals surface area contributed by atoms with Crippen molar-refractivity contribution in [2.24, 2.45) is 0 Å². The third-order valence-electron chi connectivity index (χ3n) is 4.54. The number of hydrogen-bond donors (Lipinski definition) is 2. The van der Waals surface area contributed by atoms with E-state index < -0.39 is 23.3 Å². The molecule has 2 heterocycles. The lowest BCUT2D eigenvalue weighted by molar-refractivity contribution is -0.140. The average Bonchev–Trinajstić information content (AvgIpc) is 3.11. The minimum Gasteiger partial charge on any atom is -0.363 e. The topological polar surface area (TPSA) is 113 Å². The maximum Gasteiger partial charge on any atom is 0.329 e. The number of aromatic nitrogens is 2. The summed E-state index contributed by atoms with van der Waals surface area (Å²) in [6.07, 6.45) is 0.491. The number of benzene rings is 1. The van der Waals surface area contributed by atoms with Gasteiger partial charge >= 0.3 is 5.69 Å². The molecule has 2 atom stereocenters. The summed E-state index contributed by atoms with van der Waals surface area (Å²) < 4.78 is 6.51. The zero-order chi connectivity index (χ0) is 19.6. The highest BCUT2D eigenvalue weighted by molar-refractivity contribution is 5.81. The largest absolute Gasteiger partial charge is 0.363 e. The molecule has 27 heavy (non-hydrogen) atoms. The summed E-state index contributed by atoms with van der Waals surface area (Å²) in [6, 6.07) is 6.63. The number of carbonyl (C=O) groups is 2. The van der Waals surface area contributed by atoms with Gasteiger partial charge in [-0.1, -0.05) is 12.1 Å². The van der Waals surface area contributed by atoms with Crippen molar-refractivity contribution in [3.05, 3.63) is 45.1 Å². The van der Waals surface area contributed by atoms with Crippen molar-refractivity contribution < 1.29 is 14.3 Å². The summed E-state index contributed by atoms with van der Waals surface area (Å²) in [6.45, 7) is -0.165. The first-order chi connectivity index (χ1) is 12.9. The molecule has 2 amide bonds. The first-order valence-electron chi connectivity index (χ1n) is 8.72. The molecule has 0 bridgehead atoms. The van der Waals surface area contributed by atoms with E-state index in [0.29, 0.717) is 23.7 Å². The highest BCUT2D eigenvalue weighted by Crippen LogP contribution is 2.20. The third kappa shape index (κ3) is 4.08. The van der Waals surface area contributed by atoms with Crippen LogP contribution in [0.3, 0.4) is 0 Å². The van der Waals surface area contributed by atoms with Crippen molar-refractivity contribution in [3.63, 3.8) is 0 Å². The molecule has 1 aromatic heterocycles. The van der Waals surface area contributed by atoms with Gasteiger partial charge in [0.15, 0.2) is 0 Å². The van der Waals surface area contributed by atoms with Crippen LogP contribution in [0.5, 0.6) is 0 Å². The lowest BCUT2D eigenvalue weighted by Crippen LogP contribution is -2.42. The molecule has 144 valence electrons. The number of rotatable bonds is 5. The molecule has 1 aromatic carbocycles. The van der Waals surface area contributed by atoms with E-state index in [-0.39, 0.29) is 25.1 Å². The van der Waals surface area contributed by atoms with E-state index in [4.69, 9.17) is 4.74 Å². The lowest BCUT2D eigenvalue weighted by atomic mass is 10.2. The number of hydrogen-bond acceptors (Lipinski definition) is 5. The quantitative estimate of drug-likeness (QED) is 0.728. The Morgan fingerprint density at radius 2 is 2.00 bits per heavy atom. The van der Waals surface area contributed by atoms with E-state index in [1.165, 1.54) is 4.90 Å². The Balaban J connectivity index is 1.61. The lowest BCUT2D eigenvalue weighted by Gasteiger charge is -2.17. The fraction of sp³-hybridized carbons (Fsp3) is 0.444. The van der Waals surface area contributed by atoms with E-state index in [1.807, 2.05) is 0 Å². The van der Waals surface area contributed by atoms with Gasteiger partial charge in [0.25, 0.3) is 11.5 Å². The minimum absolute atomic E-state index is 0.0990. The van der Waals surface area contributed by atoms with Gasteiger partial charge in [-0.15, -0.1) is 0 Å². The van der Waals surface area contributed by atoms with Crippen LogP contribution in [0.25, 0.3) is 10.9 Å². The van der Waals surface area contributed by atoms with Gasteiger partial charge in [-0.05, 0) is 25.0 Å². The van der Waals surface area contributed by atoms with Crippen LogP contribution in [-0.4, -0.2) is 59.1 Å². The van der Waals surface area contributed by atoms with E-state index in [1.54, 1.807) is 38.4 Å². The Bertz CT molecular complexity index is 978. The summed E-state index contributed by atoms with van der Waals surface area (Å²) in [4.78, 5) is 52.7. The van der Waals surface area contributed by atoms with Crippen LogP contribution in [0.1, 0.15) is 12.8 Å². The predicted molar refractivity (Wildman–Crippen MR) is 98.4 cm³/mol. The van der Waals surface area contributed by atoms with Crippen LogP contribution in [-0.2, 0) is 20.9 Å². The number of H-pyrrole nitrogens is 1. The van der Waals surface area contributed by atoms with Gasteiger partial charge in [-0.2, -0.15) is 0 Å². The van der Waals surface area contributed by atoms with E-state index in [2.05, 4.69) is 10.3 Å². The van der Waals surface area contributed by atoms with Crippen molar-refractivity contribution >= 4 is 22.7 Å². The highest BCUT2D eigenvalue weighted by Gasteiger charge is 2.31. The molecule has 1 fully saturated rings. The van der Waals surface area contributed by atoms with Gasteiger partial charge in [0.1, 0.15) is 12.6 Å². The Labute approximate surface area is 154 Å². The predicted octanol–water partition coefficient (Wildman–Crippen LogP) is -0.558. The molecule has 1 saturated heterocycles. The average molecular weight is 374 g/mol. The van der Waals surface area contributed by atoms with Crippen molar-refractivity contribution in [2.75, 3.05) is 20.6 Å². The van der Waals surface area contributed by atoms with Crippen LogP contribution in [0.2, 0.25) is 0 Å². The summed E-state index contributed by atoms with van der Waals surface area (Å²) in [5.74, 6) is -0.568. The smallest absolute Gasteiger partial charge is 0.329 e. The maximum atomic E-state index is 12.4. The maximum absolute atomic E-state index is 12.4. The number of nitrogens with zero attached hydrogens (tertiary/aromatic N) is 2. The number of carbonyl (C=O) groups excluding carboxylic acids is 2. The number of nitrogens with one attached hydrogen (secondary N) is 2. The Morgan fingerprint density at radius 3 is 2.74 bits per heavy atom. The second kappa shape index (κ2) is 7.75. The molecule has 3 rings (SSSR count). The molecule has 2 N–H and O–H groups in total. The molecular formula is C18H22N4O5. The van der Waals surface area contributed by atoms with E-state index >= 15 is 0 Å². The van der Waals surface area contributed by atoms with Crippen LogP contribution in [0.4, 0.5) is 0 Å². The van der Waals surface area contributed by atoms with Crippen LogP contribution in [0, 0.1) is 0 Å². The SMILES string of the molecule is CN(C)C(=O)[C@@H]1CC[C@@H](CNC(=O)Cn2c(=O)[nH]c3ccccc3c2=O)O1. The van der Waals surface area contributed by atoms with Gasteiger partial charge in [0, 0.05) is 20.6 Å². The van der Waals surface area contributed by atoms with Crippen molar-refractivity contribution in [2.45, 2.75) is 31.6 Å². The molecular weight excluding hydrogens is 352 g/mol.